The summed E-state index contributed by atoms with van der Waals surface area (Å²) >= 11 is 0. The van der Waals surface area contributed by atoms with E-state index in [4.69, 9.17) is 19.9 Å². The van der Waals surface area contributed by atoms with Crippen LogP contribution in [0.5, 0.6) is 11.5 Å². The molecular formula is C18H29N3O5. The first-order valence-electron chi connectivity index (χ1n) is 8.41. The van der Waals surface area contributed by atoms with Crippen molar-refractivity contribution in [2.75, 3.05) is 33.9 Å². The quantitative estimate of drug-likeness (QED) is 0.765. The van der Waals surface area contributed by atoms with Crippen molar-refractivity contribution < 1.29 is 23.8 Å². The van der Waals surface area contributed by atoms with Crippen molar-refractivity contribution in [2.24, 2.45) is 5.73 Å². The maximum atomic E-state index is 12.3. The standard InChI is InChI=1S/C18H29N3O5/c1-18(2,3)26-17(23)21(11-9-19)16(22)20-10-8-13-6-7-14(24-4)15(12-13)25-5/h6-7,12H,8-11,19H2,1-5H3,(H,20,22). The number of benzene rings is 1. The van der Waals surface area contributed by atoms with Gasteiger partial charge >= 0.3 is 12.1 Å². The summed E-state index contributed by atoms with van der Waals surface area (Å²) in [7, 11) is 3.13. The Morgan fingerprint density at radius 1 is 1.15 bits per heavy atom. The molecule has 0 unspecified atom stereocenters. The van der Waals surface area contributed by atoms with E-state index in [2.05, 4.69) is 5.32 Å². The Morgan fingerprint density at radius 2 is 1.81 bits per heavy atom. The van der Waals surface area contributed by atoms with Gasteiger partial charge in [0.2, 0.25) is 0 Å². The van der Waals surface area contributed by atoms with E-state index < -0.39 is 17.7 Å². The number of hydrogen-bond donors (Lipinski definition) is 2. The first-order chi connectivity index (χ1) is 12.2. The Bertz CT molecular complexity index is 613. The van der Waals surface area contributed by atoms with Crippen molar-refractivity contribution in [3.05, 3.63) is 23.8 Å². The molecule has 0 heterocycles. The highest BCUT2D eigenvalue weighted by atomic mass is 16.6. The Morgan fingerprint density at radius 3 is 2.35 bits per heavy atom. The van der Waals surface area contributed by atoms with Crippen LogP contribution in [0.3, 0.4) is 0 Å². The second-order valence-electron chi connectivity index (χ2n) is 6.59. The molecule has 26 heavy (non-hydrogen) atoms. The van der Waals surface area contributed by atoms with Gasteiger partial charge in [0.1, 0.15) is 5.60 Å². The van der Waals surface area contributed by atoms with Crippen LogP contribution >= 0.6 is 0 Å². The average molecular weight is 367 g/mol. The number of hydrogen-bond acceptors (Lipinski definition) is 6. The lowest BCUT2D eigenvalue weighted by Gasteiger charge is -2.26. The largest absolute Gasteiger partial charge is 0.493 e. The topological polar surface area (TPSA) is 103 Å². The number of urea groups is 1. The molecule has 8 nitrogen and oxygen atoms in total. The lowest BCUT2D eigenvalue weighted by Crippen LogP contribution is -2.48. The average Bonchev–Trinajstić information content (AvgIpc) is 2.57. The lowest BCUT2D eigenvalue weighted by molar-refractivity contribution is 0.0325. The molecule has 0 atom stereocenters. The SMILES string of the molecule is COc1ccc(CCNC(=O)N(CCN)C(=O)OC(C)(C)C)cc1OC. The van der Waals surface area contributed by atoms with Gasteiger partial charge in [-0.05, 0) is 44.9 Å². The van der Waals surface area contributed by atoms with Crippen molar-refractivity contribution in [1.82, 2.24) is 10.2 Å². The van der Waals surface area contributed by atoms with E-state index in [0.29, 0.717) is 24.5 Å². The van der Waals surface area contributed by atoms with Gasteiger partial charge in [0, 0.05) is 19.6 Å². The second-order valence-corrected chi connectivity index (χ2v) is 6.59. The minimum Gasteiger partial charge on any atom is -0.493 e. The van der Waals surface area contributed by atoms with E-state index in [1.54, 1.807) is 41.1 Å². The van der Waals surface area contributed by atoms with Crippen LogP contribution in [0.2, 0.25) is 0 Å². The van der Waals surface area contributed by atoms with Gasteiger partial charge in [0.05, 0.1) is 14.2 Å². The van der Waals surface area contributed by atoms with E-state index in [-0.39, 0.29) is 13.1 Å². The van der Waals surface area contributed by atoms with Crippen LogP contribution in [-0.2, 0) is 11.2 Å². The molecule has 0 radical (unpaired) electrons. The summed E-state index contributed by atoms with van der Waals surface area (Å²) in [5.74, 6) is 1.26. The van der Waals surface area contributed by atoms with Crippen LogP contribution in [-0.4, -0.2) is 56.5 Å². The van der Waals surface area contributed by atoms with Crippen molar-refractivity contribution in [2.45, 2.75) is 32.8 Å². The fraction of sp³-hybridized carbons (Fsp3) is 0.556. The van der Waals surface area contributed by atoms with Crippen LogP contribution in [0.25, 0.3) is 0 Å². The van der Waals surface area contributed by atoms with Gasteiger partial charge in [-0.2, -0.15) is 0 Å². The van der Waals surface area contributed by atoms with Crippen molar-refractivity contribution in [1.29, 1.82) is 0 Å². The molecule has 0 spiro atoms. The van der Waals surface area contributed by atoms with Gasteiger partial charge in [0.25, 0.3) is 0 Å². The minimum absolute atomic E-state index is 0.0805. The van der Waals surface area contributed by atoms with Crippen LogP contribution in [0.4, 0.5) is 9.59 Å². The molecule has 3 amide bonds. The number of rotatable bonds is 7. The number of methoxy groups -OCH3 is 2. The molecule has 1 aromatic rings. The monoisotopic (exact) mass is 367 g/mol. The zero-order chi connectivity index (χ0) is 19.7. The number of nitrogens with zero attached hydrogens (tertiary/aromatic N) is 1. The van der Waals surface area contributed by atoms with Crippen LogP contribution in [0.1, 0.15) is 26.3 Å². The molecule has 0 bridgehead atoms. The van der Waals surface area contributed by atoms with Crippen LogP contribution in [0, 0.1) is 0 Å². The number of carbonyl (C=O) groups is 2. The number of imide groups is 1. The zero-order valence-corrected chi connectivity index (χ0v) is 16.1. The smallest absolute Gasteiger partial charge is 0.418 e. The van der Waals surface area contributed by atoms with Gasteiger partial charge in [-0.1, -0.05) is 6.07 Å². The maximum absolute atomic E-state index is 12.3. The fourth-order valence-corrected chi connectivity index (χ4v) is 2.17. The summed E-state index contributed by atoms with van der Waals surface area (Å²) in [5, 5.41) is 2.71. The van der Waals surface area contributed by atoms with E-state index in [1.165, 1.54) is 0 Å². The van der Waals surface area contributed by atoms with Crippen LogP contribution in [0.15, 0.2) is 18.2 Å². The van der Waals surface area contributed by atoms with Gasteiger partial charge in [-0.15, -0.1) is 0 Å². The first-order valence-corrected chi connectivity index (χ1v) is 8.41. The zero-order valence-electron chi connectivity index (χ0n) is 16.1. The highest BCUT2D eigenvalue weighted by molar-refractivity contribution is 5.91. The molecular weight excluding hydrogens is 338 g/mol. The number of carbonyl (C=O) groups excluding carboxylic acids is 2. The number of amides is 3. The molecule has 1 aromatic carbocycles. The Balaban J connectivity index is 2.64. The summed E-state index contributed by atoms with van der Waals surface area (Å²) in [6.07, 6.45) is -0.150. The van der Waals surface area contributed by atoms with E-state index in [0.717, 1.165) is 10.5 Å². The molecule has 0 aliphatic carbocycles. The summed E-state index contributed by atoms with van der Waals surface area (Å²) in [6, 6.07) is 5.00. The Hall–Kier alpha value is -2.48. The highest BCUT2D eigenvalue weighted by Crippen LogP contribution is 2.27. The fourth-order valence-electron chi connectivity index (χ4n) is 2.17. The molecule has 0 aliphatic heterocycles. The van der Waals surface area contributed by atoms with Gasteiger partial charge in [-0.3, -0.25) is 0 Å². The number of nitrogens with two attached hydrogens (primary N) is 1. The van der Waals surface area contributed by atoms with Crippen molar-refractivity contribution in [3.63, 3.8) is 0 Å². The highest BCUT2D eigenvalue weighted by Gasteiger charge is 2.26. The lowest BCUT2D eigenvalue weighted by atomic mass is 10.1. The predicted molar refractivity (Wildman–Crippen MR) is 98.6 cm³/mol. The first kappa shape index (κ1) is 21.6. The normalized spacial score (nSPS) is 10.8. The summed E-state index contributed by atoms with van der Waals surface area (Å²) < 4.78 is 15.7. The number of ether oxygens (including phenoxy) is 3. The Labute approximate surface area is 154 Å². The molecule has 3 N–H and O–H groups in total. The van der Waals surface area contributed by atoms with E-state index in [9.17, 15) is 9.59 Å². The van der Waals surface area contributed by atoms with E-state index >= 15 is 0 Å². The molecule has 8 heteroatoms. The predicted octanol–water partition coefficient (Wildman–Crippen LogP) is 2.15. The third-order valence-corrected chi connectivity index (χ3v) is 3.35. The van der Waals surface area contributed by atoms with Gasteiger partial charge in [0.15, 0.2) is 11.5 Å². The molecule has 146 valence electrons. The summed E-state index contributed by atoms with van der Waals surface area (Å²) in [5.41, 5.74) is 5.77. The van der Waals surface area contributed by atoms with Gasteiger partial charge in [-0.25, -0.2) is 14.5 Å². The van der Waals surface area contributed by atoms with Crippen molar-refractivity contribution in [3.8, 4) is 11.5 Å². The third-order valence-electron chi connectivity index (χ3n) is 3.35. The summed E-state index contributed by atoms with van der Waals surface area (Å²) in [6.45, 7) is 5.79. The molecule has 0 aliphatic rings. The van der Waals surface area contributed by atoms with Gasteiger partial charge < -0.3 is 25.3 Å². The molecule has 0 saturated carbocycles. The third kappa shape index (κ3) is 6.79. The van der Waals surface area contributed by atoms with Crippen molar-refractivity contribution >= 4 is 12.1 Å². The summed E-state index contributed by atoms with van der Waals surface area (Å²) in [4.78, 5) is 25.4. The molecule has 0 saturated heterocycles. The number of nitrogens with one attached hydrogen (secondary N) is 1. The Kier molecular flexibility index (Phi) is 8.18. The van der Waals surface area contributed by atoms with E-state index in [1.807, 2.05) is 12.1 Å². The van der Waals surface area contributed by atoms with Crippen LogP contribution < -0.4 is 20.5 Å². The molecule has 1 rings (SSSR count). The maximum Gasteiger partial charge on any atom is 0.418 e. The second kappa shape index (κ2) is 9.86. The molecule has 0 aromatic heterocycles. The molecule has 0 fully saturated rings. The minimum atomic E-state index is -0.716.